The van der Waals surface area contributed by atoms with Crippen LogP contribution in [-0.4, -0.2) is 22.4 Å². The molecule has 1 aliphatic carbocycles. The molecule has 0 heterocycles. The topological polar surface area (TPSA) is 46.2 Å². The van der Waals surface area contributed by atoms with Gasteiger partial charge in [0.2, 0.25) is 0 Å². The number of amides is 1. The van der Waals surface area contributed by atoms with Crippen LogP contribution >= 0.6 is 0 Å². The van der Waals surface area contributed by atoms with Crippen LogP contribution in [-0.2, 0) is 10.8 Å². The third kappa shape index (κ3) is 4.19. The molecule has 1 fully saturated rings. The van der Waals surface area contributed by atoms with Crippen LogP contribution in [0.3, 0.4) is 0 Å². The Labute approximate surface area is 136 Å². The van der Waals surface area contributed by atoms with Gasteiger partial charge in [0.25, 0.3) is 5.91 Å². The SMILES string of the molecule is CS(=O)c1ccc(C(=O)NC2CCCCC2C(C)(C)C)cc1. The summed E-state index contributed by atoms with van der Waals surface area (Å²) in [6.07, 6.45) is 6.33. The highest BCUT2D eigenvalue weighted by Crippen LogP contribution is 2.38. The smallest absolute Gasteiger partial charge is 0.251 e. The lowest BCUT2D eigenvalue weighted by molar-refractivity contribution is 0.0830. The fourth-order valence-electron chi connectivity index (χ4n) is 3.39. The van der Waals surface area contributed by atoms with E-state index in [4.69, 9.17) is 0 Å². The van der Waals surface area contributed by atoms with Gasteiger partial charge in [0.1, 0.15) is 0 Å². The van der Waals surface area contributed by atoms with Crippen LogP contribution < -0.4 is 5.32 Å². The third-order valence-corrected chi connectivity index (χ3v) is 5.58. The van der Waals surface area contributed by atoms with Crippen LogP contribution in [0.15, 0.2) is 29.2 Å². The molecule has 0 aliphatic heterocycles. The lowest BCUT2D eigenvalue weighted by atomic mass is 9.69. The van der Waals surface area contributed by atoms with Gasteiger partial charge in [0, 0.05) is 33.6 Å². The van der Waals surface area contributed by atoms with E-state index in [0.29, 0.717) is 11.5 Å². The van der Waals surface area contributed by atoms with Crippen molar-refractivity contribution in [3.8, 4) is 0 Å². The molecule has 1 aromatic rings. The first-order chi connectivity index (χ1) is 10.3. The van der Waals surface area contributed by atoms with Crippen LogP contribution in [0.2, 0.25) is 0 Å². The summed E-state index contributed by atoms with van der Waals surface area (Å²) in [7, 11) is -1.01. The summed E-state index contributed by atoms with van der Waals surface area (Å²) in [5.74, 6) is 0.502. The van der Waals surface area contributed by atoms with Gasteiger partial charge in [0.15, 0.2) is 0 Å². The first-order valence-corrected chi connectivity index (χ1v) is 9.59. The zero-order valence-corrected chi connectivity index (χ0v) is 14.8. The number of benzene rings is 1. The van der Waals surface area contributed by atoms with Gasteiger partial charge in [-0.1, -0.05) is 33.6 Å². The summed E-state index contributed by atoms with van der Waals surface area (Å²) in [6.45, 7) is 6.77. The van der Waals surface area contributed by atoms with Crippen molar-refractivity contribution in [3.63, 3.8) is 0 Å². The van der Waals surface area contributed by atoms with Crippen LogP contribution in [0.5, 0.6) is 0 Å². The number of hydrogen-bond acceptors (Lipinski definition) is 2. The van der Waals surface area contributed by atoms with E-state index < -0.39 is 10.8 Å². The van der Waals surface area contributed by atoms with Gasteiger partial charge in [0.05, 0.1) is 0 Å². The summed E-state index contributed by atoms with van der Waals surface area (Å²) in [5, 5.41) is 3.23. The number of hydrogen-bond donors (Lipinski definition) is 1. The normalized spacial score (nSPS) is 23.8. The zero-order valence-electron chi connectivity index (χ0n) is 14.0. The lowest BCUT2D eigenvalue weighted by Crippen LogP contribution is -2.46. The Bertz CT molecular complexity index is 545. The molecule has 3 unspecified atom stereocenters. The fourth-order valence-corrected chi connectivity index (χ4v) is 3.91. The van der Waals surface area contributed by atoms with E-state index in [1.54, 1.807) is 30.5 Å². The van der Waals surface area contributed by atoms with E-state index in [1.807, 2.05) is 0 Å². The number of rotatable bonds is 3. The summed E-state index contributed by atoms with van der Waals surface area (Å²) in [4.78, 5) is 13.2. The maximum absolute atomic E-state index is 12.5. The molecule has 1 aromatic carbocycles. The fraction of sp³-hybridized carbons (Fsp3) is 0.611. The Morgan fingerprint density at radius 2 is 1.73 bits per heavy atom. The zero-order chi connectivity index (χ0) is 16.3. The molecule has 1 N–H and O–H groups in total. The first-order valence-electron chi connectivity index (χ1n) is 8.03. The van der Waals surface area contributed by atoms with Gasteiger partial charge in [-0.2, -0.15) is 0 Å². The van der Waals surface area contributed by atoms with E-state index in [2.05, 4.69) is 26.1 Å². The molecule has 0 bridgehead atoms. The second kappa shape index (κ2) is 6.95. The Kier molecular flexibility index (Phi) is 5.43. The Hall–Kier alpha value is -1.16. The molecule has 1 aliphatic rings. The molecule has 3 nitrogen and oxygen atoms in total. The minimum Gasteiger partial charge on any atom is -0.349 e. The molecule has 1 amide bonds. The molecule has 1 saturated carbocycles. The van der Waals surface area contributed by atoms with Gasteiger partial charge in [-0.05, 0) is 48.4 Å². The van der Waals surface area contributed by atoms with E-state index in [1.165, 1.54) is 19.3 Å². The van der Waals surface area contributed by atoms with Gasteiger partial charge < -0.3 is 5.32 Å². The van der Waals surface area contributed by atoms with Crippen molar-refractivity contribution in [3.05, 3.63) is 29.8 Å². The summed E-state index contributed by atoms with van der Waals surface area (Å²) in [5.41, 5.74) is 0.855. The molecule has 2 rings (SSSR count). The number of carbonyl (C=O) groups excluding carboxylic acids is 1. The average molecular weight is 321 g/mol. The average Bonchev–Trinajstić information content (AvgIpc) is 2.46. The highest BCUT2D eigenvalue weighted by atomic mass is 32.2. The molecule has 3 atom stereocenters. The van der Waals surface area contributed by atoms with E-state index in [0.717, 1.165) is 11.3 Å². The van der Waals surface area contributed by atoms with Crippen molar-refractivity contribution < 1.29 is 9.00 Å². The highest BCUT2D eigenvalue weighted by Gasteiger charge is 2.34. The largest absolute Gasteiger partial charge is 0.349 e. The second-order valence-corrected chi connectivity index (χ2v) is 8.70. The maximum Gasteiger partial charge on any atom is 0.251 e. The molecular weight excluding hydrogens is 294 g/mol. The van der Waals surface area contributed by atoms with E-state index >= 15 is 0 Å². The molecule has 122 valence electrons. The predicted octanol–water partition coefficient (Wildman–Crippen LogP) is 3.76. The minimum absolute atomic E-state index is 0.0189. The van der Waals surface area contributed by atoms with Crippen molar-refractivity contribution in [1.82, 2.24) is 5.32 Å². The quantitative estimate of drug-likeness (QED) is 0.921. The Balaban J connectivity index is 2.08. The van der Waals surface area contributed by atoms with Crippen LogP contribution in [0.25, 0.3) is 0 Å². The van der Waals surface area contributed by atoms with Gasteiger partial charge in [-0.25, -0.2) is 0 Å². The summed E-state index contributed by atoms with van der Waals surface area (Å²) >= 11 is 0. The molecule has 22 heavy (non-hydrogen) atoms. The van der Waals surface area contributed by atoms with Gasteiger partial charge in [-0.15, -0.1) is 0 Å². The molecule has 0 saturated heterocycles. The van der Waals surface area contributed by atoms with Crippen molar-refractivity contribution in [2.45, 2.75) is 57.4 Å². The van der Waals surface area contributed by atoms with Gasteiger partial charge in [-0.3, -0.25) is 9.00 Å². The predicted molar refractivity (Wildman–Crippen MR) is 91.4 cm³/mol. The van der Waals surface area contributed by atoms with Crippen molar-refractivity contribution in [2.75, 3.05) is 6.26 Å². The Morgan fingerprint density at radius 1 is 1.14 bits per heavy atom. The molecule has 4 heteroatoms. The highest BCUT2D eigenvalue weighted by molar-refractivity contribution is 7.84. The number of carbonyl (C=O) groups is 1. The molecule has 0 aromatic heterocycles. The van der Waals surface area contributed by atoms with Gasteiger partial charge >= 0.3 is 0 Å². The monoisotopic (exact) mass is 321 g/mol. The van der Waals surface area contributed by atoms with Crippen molar-refractivity contribution >= 4 is 16.7 Å². The summed E-state index contributed by atoms with van der Waals surface area (Å²) < 4.78 is 11.4. The van der Waals surface area contributed by atoms with Crippen molar-refractivity contribution in [1.29, 1.82) is 0 Å². The van der Waals surface area contributed by atoms with Crippen LogP contribution in [0, 0.1) is 11.3 Å². The van der Waals surface area contributed by atoms with Crippen molar-refractivity contribution in [2.24, 2.45) is 11.3 Å². The van der Waals surface area contributed by atoms with E-state index in [9.17, 15) is 9.00 Å². The molecular formula is C18H27NO2S. The second-order valence-electron chi connectivity index (χ2n) is 7.32. The molecule has 0 spiro atoms. The van der Waals surface area contributed by atoms with Crippen LogP contribution in [0.1, 0.15) is 56.8 Å². The number of nitrogens with one attached hydrogen (secondary N) is 1. The molecule has 0 radical (unpaired) electrons. The Morgan fingerprint density at radius 3 is 2.27 bits per heavy atom. The minimum atomic E-state index is -1.01. The van der Waals surface area contributed by atoms with Crippen LogP contribution in [0.4, 0.5) is 0 Å². The third-order valence-electron chi connectivity index (χ3n) is 4.64. The first kappa shape index (κ1) is 17.2. The standard InChI is InChI=1S/C18H27NO2S/c1-18(2,3)15-7-5-6-8-16(15)19-17(20)13-9-11-14(12-10-13)22(4)21/h9-12,15-16H,5-8H2,1-4H3,(H,19,20). The van der Waals surface area contributed by atoms with E-state index in [-0.39, 0.29) is 17.4 Å². The summed E-state index contributed by atoms with van der Waals surface area (Å²) in [6, 6.07) is 7.32. The maximum atomic E-state index is 12.5. The lowest BCUT2D eigenvalue weighted by Gasteiger charge is -2.40.